The average Bonchev–Trinajstić information content (AvgIpc) is 3.15. The summed E-state index contributed by atoms with van der Waals surface area (Å²) in [4.78, 5) is 24.4. The summed E-state index contributed by atoms with van der Waals surface area (Å²) in [7, 11) is 5.88. The minimum Gasteiger partial charge on any atom is -0.497 e. The number of esters is 2. The SMILES string of the molecule is COC(=O)c1ccc(-c2cc(OC)ccc2F)c(C2=CC(C)(C)CC(C)(C)C2)c1.COC(=O)c1ccc(-c2cc(OC)ccc2F)c(C2CC(C)(C)CC(C)(C)C2)c1. The van der Waals surface area contributed by atoms with Crippen molar-refractivity contribution in [3.05, 3.63) is 113 Å². The number of hydrogen-bond acceptors (Lipinski definition) is 6. The van der Waals surface area contributed by atoms with Crippen LogP contribution < -0.4 is 9.47 Å². The Kier molecular flexibility index (Phi) is 13.0. The monoisotopic (exact) mass is 794 g/mol. The minimum atomic E-state index is -0.404. The lowest BCUT2D eigenvalue weighted by Gasteiger charge is -2.45. The van der Waals surface area contributed by atoms with Gasteiger partial charge < -0.3 is 18.9 Å². The van der Waals surface area contributed by atoms with Crippen LogP contribution in [0.5, 0.6) is 11.5 Å². The molecule has 0 N–H and O–H groups in total. The summed E-state index contributed by atoms with van der Waals surface area (Å²) in [5.41, 5.74) is 6.87. The van der Waals surface area contributed by atoms with Crippen molar-refractivity contribution in [1.29, 1.82) is 0 Å². The molecule has 0 unspecified atom stereocenters. The van der Waals surface area contributed by atoms with Gasteiger partial charge in [-0.1, -0.05) is 73.6 Å². The summed E-state index contributed by atoms with van der Waals surface area (Å²) in [6.07, 6.45) is 7.27. The van der Waals surface area contributed by atoms with Crippen molar-refractivity contribution in [2.45, 2.75) is 93.4 Å². The fraction of sp³-hybridized carbons (Fsp3) is 0.440. The first-order valence-electron chi connectivity index (χ1n) is 19.9. The molecule has 0 bridgehead atoms. The molecule has 2 aliphatic carbocycles. The number of benzene rings is 4. The number of rotatable bonds is 8. The molecule has 0 heterocycles. The minimum absolute atomic E-state index is 0.00253. The molecule has 0 spiro atoms. The fourth-order valence-corrected chi connectivity index (χ4v) is 9.98. The molecule has 0 aromatic heterocycles. The van der Waals surface area contributed by atoms with Gasteiger partial charge in [0.1, 0.15) is 23.1 Å². The summed E-state index contributed by atoms with van der Waals surface area (Å²) < 4.78 is 50.1. The Labute approximate surface area is 344 Å². The Balaban J connectivity index is 0.000000221. The maximum Gasteiger partial charge on any atom is 0.337 e. The highest BCUT2D eigenvalue weighted by Crippen LogP contribution is 2.54. The van der Waals surface area contributed by atoms with Crippen molar-refractivity contribution in [2.24, 2.45) is 21.7 Å². The van der Waals surface area contributed by atoms with Gasteiger partial charge in [0, 0.05) is 11.1 Å². The number of ether oxygens (including phenoxy) is 4. The number of carbonyl (C=O) groups is 2. The summed E-state index contributed by atoms with van der Waals surface area (Å²) in [6.45, 7) is 18.1. The van der Waals surface area contributed by atoms with Crippen LogP contribution in [-0.2, 0) is 9.47 Å². The Morgan fingerprint density at radius 2 is 1.03 bits per heavy atom. The third-order valence-electron chi connectivity index (χ3n) is 11.3. The van der Waals surface area contributed by atoms with E-state index in [1.165, 1.54) is 26.4 Å². The van der Waals surface area contributed by atoms with Crippen LogP contribution in [0.3, 0.4) is 0 Å². The van der Waals surface area contributed by atoms with Crippen molar-refractivity contribution in [3.63, 3.8) is 0 Å². The van der Waals surface area contributed by atoms with Crippen LogP contribution in [0.15, 0.2) is 78.9 Å². The van der Waals surface area contributed by atoms with Gasteiger partial charge in [-0.25, -0.2) is 18.4 Å². The van der Waals surface area contributed by atoms with E-state index in [1.54, 1.807) is 56.7 Å². The van der Waals surface area contributed by atoms with E-state index in [-0.39, 0.29) is 45.2 Å². The maximum atomic E-state index is 14.8. The third-order valence-corrected chi connectivity index (χ3v) is 11.3. The van der Waals surface area contributed by atoms with E-state index < -0.39 is 5.97 Å². The van der Waals surface area contributed by atoms with Crippen molar-refractivity contribution in [2.75, 3.05) is 28.4 Å². The lowest BCUT2D eigenvalue weighted by atomic mass is 9.59. The van der Waals surface area contributed by atoms with Gasteiger partial charge in [0.25, 0.3) is 0 Å². The van der Waals surface area contributed by atoms with Crippen LogP contribution in [0, 0.1) is 33.3 Å². The number of methoxy groups -OCH3 is 4. The van der Waals surface area contributed by atoms with Gasteiger partial charge in [0.2, 0.25) is 0 Å². The summed E-state index contributed by atoms with van der Waals surface area (Å²) in [5.74, 6) is 0.00687. The predicted molar refractivity (Wildman–Crippen MR) is 228 cm³/mol. The second-order valence-corrected chi connectivity index (χ2v) is 19.0. The van der Waals surface area contributed by atoms with Gasteiger partial charge in [-0.2, -0.15) is 0 Å². The van der Waals surface area contributed by atoms with Crippen molar-refractivity contribution >= 4 is 17.5 Å². The van der Waals surface area contributed by atoms with Crippen molar-refractivity contribution in [1.82, 2.24) is 0 Å². The van der Waals surface area contributed by atoms with Gasteiger partial charge in [0.15, 0.2) is 0 Å². The first-order chi connectivity index (χ1) is 27.1. The molecule has 58 heavy (non-hydrogen) atoms. The first-order valence-corrected chi connectivity index (χ1v) is 19.9. The molecule has 4 aromatic rings. The van der Waals surface area contributed by atoms with E-state index in [2.05, 4.69) is 61.5 Å². The molecule has 0 amide bonds. The van der Waals surface area contributed by atoms with Gasteiger partial charge in [-0.3, -0.25) is 0 Å². The summed E-state index contributed by atoms with van der Waals surface area (Å²) >= 11 is 0. The van der Waals surface area contributed by atoms with E-state index in [9.17, 15) is 18.4 Å². The van der Waals surface area contributed by atoms with Gasteiger partial charge in [0.05, 0.1) is 39.6 Å². The van der Waals surface area contributed by atoms with Crippen LogP contribution in [0.1, 0.15) is 125 Å². The molecule has 6 rings (SSSR count). The third kappa shape index (κ3) is 10.4. The average molecular weight is 795 g/mol. The molecular formula is C50H60F2O6. The Morgan fingerprint density at radius 3 is 1.52 bits per heavy atom. The van der Waals surface area contributed by atoms with Gasteiger partial charge >= 0.3 is 11.9 Å². The van der Waals surface area contributed by atoms with Crippen LogP contribution >= 0.6 is 0 Å². The van der Waals surface area contributed by atoms with E-state index >= 15 is 0 Å². The van der Waals surface area contributed by atoms with E-state index in [0.29, 0.717) is 33.8 Å². The highest BCUT2D eigenvalue weighted by atomic mass is 19.1. The molecule has 0 saturated heterocycles. The van der Waals surface area contributed by atoms with Crippen LogP contribution in [0.4, 0.5) is 8.78 Å². The molecule has 8 heteroatoms. The quantitative estimate of drug-likeness (QED) is 0.165. The van der Waals surface area contributed by atoms with Gasteiger partial charge in [-0.15, -0.1) is 0 Å². The highest BCUT2D eigenvalue weighted by Gasteiger charge is 2.40. The van der Waals surface area contributed by atoms with E-state index in [4.69, 9.17) is 18.9 Å². The number of carbonyl (C=O) groups excluding carboxylic acids is 2. The molecular weight excluding hydrogens is 735 g/mol. The molecule has 4 aromatic carbocycles. The molecule has 0 radical (unpaired) electrons. The van der Waals surface area contributed by atoms with Gasteiger partial charge in [-0.05, 0) is 148 Å². The van der Waals surface area contributed by atoms with Crippen LogP contribution in [0.2, 0.25) is 0 Å². The number of hydrogen-bond donors (Lipinski definition) is 0. The molecule has 2 aliphatic rings. The Bertz CT molecular complexity index is 2180. The van der Waals surface area contributed by atoms with Crippen molar-refractivity contribution < 1.29 is 37.3 Å². The lowest BCUT2D eigenvalue weighted by Crippen LogP contribution is -2.33. The van der Waals surface area contributed by atoms with Crippen molar-refractivity contribution in [3.8, 4) is 33.8 Å². The molecule has 310 valence electrons. The molecule has 0 aliphatic heterocycles. The normalized spacial score (nSPS) is 17.9. The summed E-state index contributed by atoms with van der Waals surface area (Å²) in [6, 6.07) is 20.2. The molecule has 0 atom stereocenters. The lowest BCUT2D eigenvalue weighted by molar-refractivity contribution is 0.0591. The largest absolute Gasteiger partial charge is 0.497 e. The van der Waals surface area contributed by atoms with Crippen LogP contribution in [-0.4, -0.2) is 40.4 Å². The molecule has 1 saturated carbocycles. The summed E-state index contributed by atoms with van der Waals surface area (Å²) in [5, 5.41) is 0. The zero-order valence-electron chi connectivity index (χ0n) is 36.3. The second kappa shape index (κ2) is 17.1. The Hall–Kier alpha value is -4.98. The molecule has 1 fully saturated rings. The number of allylic oxidation sites excluding steroid dienone is 2. The smallest absolute Gasteiger partial charge is 0.337 e. The predicted octanol–water partition coefficient (Wildman–Crippen LogP) is 13.1. The molecule has 6 nitrogen and oxygen atoms in total. The topological polar surface area (TPSA) is 71.1 Å². The van der Waals surface area contributed by atoms with E-state index in [0.717, 1.165) is 59.9 Å². The first kappa shape index (κ1) is 44.1. The zero-order valence-corrected chi connectivity index (χ0v) is 36.3. The Morgan fingerprint density at radius 1 is 0.552 bits per heavy atom. The zero-order chi connectivity index (χ0) is 42.8. The fourth-order valence-electron chi connectivity index (χ4n) is 9.98. The van der Waals surface area contributed by atoms with E-state index in [1.807, 2.05) is 18.2 Å². The standard InChI is InChI=1S/C25H31FO3.C25H29FO3/c2*1-24(2)13-17(14-25(3,4)15-24)20-11-16(23(27)29-6)7-9-19(20)21-12-18(28-5)8-10-22(21)26/h7-12,17H,13-15H2,1-6H3;7-13H,14-15H2,1-6H3. The van der Waals surface area contributed by atoms with Crippen LogP contribution in [0.25, 0.3) is 27.8 Å². The highest BCUT2D eigenvalue weighted by molar-refractivity contribution is 5.94. The second-order valence-electron chi connectivity index (χ2n) is 19.0. The maximum absolute atomic E-state index is 14.8. The number of halogens is 2.